The van der Waals surface area contributed by atoms with Crippen molar-refractivity contribution in [2.24, 2.45) is 0 Å². The molecule has 0 saturated heterocycles. The molecule has 218 valence electrons. The Balaban J connectivity index is -0.0000000753. The molecular formula is C27H62O6PTi-3. The van der Waals surface area contributed by atoms with Gasteiger partial charge in [-0.05, 0) is 13.8 Å². The van der Waals surface area contributed by atoms with Crippen LogP contribution in [0.25, 0.3) is 0 Å². The van der Waals surface area contributed by atoms with Crippen molar-refractivity contribution in [3.8, 4) is 0 Å². The van der Waals surface area contributed by atoms with Gasteiger partial charge < -0.3 is 40.6 Å². The molecule has 0 atom stereocenters. The minimum absolute atomic E-state index is 0.167. The maximum absolute atomic E-state index is 8.88. The third kappa shape index (κ3) is 151. The summed E-state index contributed by atoms with van der Waals surface area (Å²) in [7, 11) is -4.64. The second-order valence-electron chi connectivity index (χ2n) is 8.41. The van der Waals surface area contributed by atoms with Crippen LogP contribution in [0.3, 0.4) is 0 Å². The molecule has 0 aliphatic heterocycles. The van der Waals surface area contributed by atoms with Crippen LogP contribution >= 0.6 is 7.82 Å². The van der Waals surface area contributed by atoms with E-state index in [0.29, 0.717) is 0 Å². The van der Waals surface area contributed by atoms with Crippen LogP contribution in [-0.4, -0.2) is 25.9 Å². The van der Waals surface area contributed by atoms with Crippen molar-refractivity contribution in [3.63, 3.8) is 0 Å². The van der Waals surface area contributed by atoms with Crippen LogP contribution in [-0.2, 0) is 28.3 Å². The Bertz CT molecular complexity index is 284. The molecule has 4 N–H and O–H groups in total. The van der Waals surface area contributed by atoms with E-state index in [-0.39, 0.29) is 6.10 Å². The fourth-order valence-corrected chi connectivity index (χ4v) is 2.34. The van der Waals surface area contributed by atoms with Gasteiger partial charge in [-0.15, -0.1) is 0 Å². The number of rotatable bonds is 15. The van der Waals surface area contributed by atoms with Crippen molar-refractivity contribution >= 4 is 7.82 Å². The van der Waals surface area contributed by atoms with E-state index >= 15 is 0 Å². The summed E-state index contributed by atoms with van der Waals surface area (Å²) in [4.78, 5) is 21.6. The first-order valence-electron chi connectivity index (χ1n) is 13.5. The number of hydrogen-bond donors (Lipinski definition) is 4. The van der Waals surface area contributed by atoms with E-state index in [1.807, 2.05) is 0 Å². The van der Waals surface area contributed by atoms with E-state index in [4.69, 9.17) is 27.7 Å². The molecule has 0 spiro atoms. The summed E-state index contributed by atoms with van der Waals surface area (Å²) >= 11 is 0.750. The zero-order valence-electron chi connectivity index (χ0n) is 24.0. The quantitative estimate of drug-likeness (QED) is 0.0687. The molecule has 0 heterocycles. The predicted octanol–water partition coefficient (Wildman–Crippen LogP) is 8.88. The molecular weight excluding hydrogens is 499 g/mol. The zero-order valence-corrected chi connectivity index (χ0v) is 26.4. The van der Waals surface area contributed by atoms with E-state index in [2.05, 4.69) is 41.5 Å². The monoisotopic (exact) mass is 561 g/mol. The first-order chi connectivity index (χ1) is 16.5. The molecule has 0 aliphatic carbocycles. The number of hydrogen-bond acceptors (Lipinski definition) is 3. The molecule has 0 radical (unpaired) electrons. The summed E-state index contributed by atoms with van der Waals surface area (Å²) in [5, 5.41) is 8.06. The van der Waals surface area contributed by atoms with E-state index in [9.17, 15) is 0 Å². The van der Waals surface area contributed by atoms with Crippen LogP contribution in [0, 0.1) is 20.8 Å². The normalized spacial score (nSPS) is 9.49. The Morgan fingerprint density at radius 3 is 0.829 bits per heavy atom. The van der Waals surface area contributed by atoms with Crippen LogP contribution in [0.4, 0.5) is 0 Å². The van der Waals surface area contributed by atoms with Gasteiger partial charge in [0.15, 0.2) is 0 Å². The molecule has 0 aromatic heterocycles. The molecule has 8 heteroatoms. The van der Waals surface area contributed by atoms with Crippen LogP contribution < -0.4 is 0 Å². The zero-order chi connectivity index (χ0) is 28.8. The van der Waals surface area contributed by atoms with Gasteiger partial charge in [0.05, 0.1) is 0 Å². The fraction of sp³-hybridized carbons (Fsp3) is 0.889. The predicted molar refractivity (Wildman–Crippen MR) is 149 cm³/mol. The molecule has 0 aromatic rings. The molecule has 0 amide bonds. The summed E-state index contributed by atoms with van der Waals surface area (Å²) in [5.41, 5.74) is 0. The summed E-state index contributed by atoms with van der Waals surface area (Å²) in [5.74, 6) is 0. The number of unbranched alkanes of at least 4 members (excludes halogenated alkanes) is 15. The Morgan fingerprint density at radius 1 is 0.571 bits per heavy atom. The van der Waals surface area contributed by atoms with Gasteiger partial charge >= 0.3 is 31.6 Å². The van der Waals surface area contributed by atoms with Gasteiger partial charge in [-0.25, -0.2) is 4.57 Å². The van der Waals surface area contributed by atoms with Crippen molar-refractivity contribution in [3.05, 3.63) is 20.8 Å². The third-order valence-corrected chi connectivity index (χ3v) is 4.06. The van der Waals surface area contributed by atoms with Crippen molar-refractivity contribution < 1.29 is 48.1 Å². The van der Waals surface area contributed by atoms with Crippen LogP contribution in [0.5, 0.6) is 0 Å². The van der Waals surface area contributed by atoms with Gasteiger partial charge in [-0.3, -0.25) is 0 Å². The van der Waals surface area contributed by atoms with Crippen molar-refractivity contribution in [2.75, 3.05) is 0 Å². The van der Waals surface area contributed by atoms with Crippen LogP contribution in [0.1, 0.15) is 150 Å². The fourth-order valence-electron chi connectivity index (χ4n) is 2.34. The van der Waals surface area contributed by atoms with Crippen molar-refractivity contribution in [1.82, 2.24) is 0 Å². The Labute approximate surface area is 232 Å². The van der Waals surface area contributed by atoms with E-state index in [1.165, 1.54) is 96.3 Å². The van der Waals surface area contributed by atoms with Gasteiger partial charge in [0.2, 0.25) is 0 Å². The molecule has 0 aromatic carbocycles. The van der Waals surface area contributed by atoms with Gasteiger partial charge in [0.25, 0.3) is 0 Å². The molecule has 0 fully saturated rings. The molecule has 0 aliphatic rings. The standard InChI is InChI=1S/3C8H17.C3H8O.H3O4P.O.Ti/c3*1-3-5-7-8-6-4-2;1-3(2)4;1-5(2,3)4;;/h3*1,3-8H2,2H3;3-4H,1-2H3;(H3,1,2,3,4);;/q3*-1;;;;. The Hall–Kier alpha value is 0.584. The summed E-state index contributed by atoms with van der Waals surface area (Å²) in [6.07, 6.45) is 23.8. The Kier molecular flexibility index (Phi) is 71.2. The molecule has 6 nitrogen and oxygen atoms in total. The molecule has 0 saturated carbocycles. The second-order valence-corrected chi connectivity index (χ2v) is 9.44. The number of phosphoric acid groups is 1. The SMILES string of the molecule is CC(C)O.O=P(O)(O)O.[CH2-]CCCCCCC.[CH2-]CCCCCCC.[CH2-]CCCCCCC.[O]=[Ti]. The van der Waals surface area contributed by atoms with Gasteiger partial charge in [0, 0.05) is 6.10 Å². The number of aliphatic hydroxyl groups is 1. The first-order valence-corrected chi connectivity index (χ1v) is 15.7. The molecule has 35 heavy (non-hydrogen) atoms. The molecule has 0 bridgehead atoms. The topological polar surface area (TPSA) is 115 Å². The van der Waals surface area contributed by atoms with E-state index in [1.54, 1.807) is 13.8 Å². The molecule has 0 rings (SSSR count). The summed E-state index contributed by atoms with van der Waals surface area (Å²) in [6.45, 7) is 21.5. The van der Waals surface area contributed by atoms with Gasteiger partial charge in [0.1, 0.15) is 0 Å². The van der Waals surface area contributed by atoms with Crippen LogP contribution in [0.15, 0.2) is 0 Å². The van der Waals surface area contributed by atoms with Crippen molar-refractivity contribution in [2.45, 2.75) is 156 Å². The van der Waals surface area contributed by atoms with Gasteiger partial charge in [-0.2, -0.15) is 19.3 Å². The average Bonchev–Trinajstić information content (AvgIpc) is 2.78. The van der Waals surface area contributed by atoms with Crippen molar-refractivity contribution in [1.29, 1.82) is 0 Å². The minimum atomic E-state index is -4.64. The summed E-state index contributed by atoms with van der Waals surface area (Å²) in [6, 6.07) is 0. The number of aliphatic hydroxyl groups excluding tert-OH is 1. The maximum atomic E-state index is 8.88. The van der Waals surface area contributed by atoms with E-state index in [0.717, 1.165) is 39.7 Å². The van der Waals surface area contributed by atoms with E-state index < -0.39 is 7.82 Å². The second kappa shape index (κ2) is 51.3. The summed E-state index contributed by atoms with van der Waals surface area (Å²) < 4.78 is 17.1. The third-order valence-electron chi connectivity index (χ3n) is 4.06. The first kappa shape index (κ1) is 48.6. The van der Waals surface area contributed by atoms with Crippen LogP contribution in [0.2, 0.25) is 0 Å². The molecule has 0 unspecified atom stereocenters. The van der Waals surface area contributed by atoms with Gasteiger partial charge in [-0.1, -0.05) is 117 Å². The average molecular weight is 562 g/mol. The Morgan fingerprint density at radius 2 is 0.714 bits per heavy atom.